The summed E-state index contributed by atoms with van der Waals surface area (Å²) in [7, 11) is 0. The van der Waals surface area contributed by atoms with Crippen molar-refractivity contribution in [1.82, 2.24) is 5.43 Å². The first-order chi connectivity index (χ1) is 5.18. The molecule has 1 rings (SSSR count). The summed E-state index contributed by atoms with van der Waals surface area (Å²) in [6.07, 6.45) is 4.13. The van der Waals surface area contributed by atoms with E-state index in [-0.39, 0.29) is 5.11 Å². The van der Waals surface area contributed by atoms with Crippen LogP contribution in [-0.2, 0) is 0 Å². The molecule has 11 heavy (non-hydrogen) atoms. The molecule has 0 aromatic rings. The van der Waals surface area contributed by atoms with Crippen molar-refractivity contribution in [2.75, 3.05) is 0 Å². The van der Waals surface area contributed by atoms with Crippen LogP contribution in [0.5, 0.6) is 0 Å². The maximum Gasteiger partial charge on any atom is 0.184 e. The van der Waals surface area contributed by atoms with E-state index in [0.717, 1.165) is 18.6 Å². The number of nitrogens with one attached hydrogen (secondary N) is 1. The zero-order valence-corrected chi connectivity index (χ0v) is 7.24. The molecule has 0 saturated carbocycles. The first-order valence-electron chi connectivity index (χ1n) is 3.47. The maximum atomic E-state index is 5.20. The summed E-state index contributed by atoms with van der Waals surface area (Å²) in [5.74, 6) is 0. The van der Waals surface area contributed by atoms with Gasteiger partial charge in [-0.2, -0.15) is 5.10 Å². The van der Waals surface area contributed by atoms with Gasteiger partial charge in [-0.15, -0.1) is 0 Å². The second-order valence-corrected chi connectivity index (χ2v) is 3.01. The molecular weight excluding hydrogens is 158 g/mol. The summed E-state index contributed by atoms with van der Waals surface area (Å²) in [5.41, 5.74) is 10.1. The molecule has 0 spiro atoms. The quantitative estimate of drug-likeness (QED) is 0.453. The molecule has 4 heteroatoms. The zero-order valence-electron chi connectivity index (χ0n) is 6.42. The lowest BCUT2D eigenvalue weighted by Crippen LogP contribution is -2.24. The SMILES string of the molecule is CC1=C/C(=N/NC(N)=S)CC1. The Kier molecular flexibility index (Phi) is 2.59. The van der Waals surface area contributed by atoms with Crippen molar-refractivity contribution in [3.63, 3.8) is 0 Å². The average Bonchev–Trinajstić information content (AvgIpc) is 2.31. The highest BCUT2D eigenvalue weighted by molar-refractivity contribution is 7.80. The van der Waals surface area contributed by atoms with Gasteiger partial charge in [-0.3, -0.25) is 5.43 Å². The fourth-order valence-electron chi connectivity index (χ4n) is 0.969. The molecule has 0 fully saturated rings. The van der Waals surface area contributed by atoms with Gasteiger partial charge in [0.05, 0.1) is 5.71 Å². The summed E-state index contributed by atoms with van der Waals surface area (Å²) in [6, 6.07) is 0. The zero-order chi connectivity index (χ0) is 8.27. The molecule has 0 heterocycles. The third-order valence-electron chi connectivity index (χ3n) is 1.50. The normalized spacial score (nSPS) is 20.1. The second-order valence-electron chi connectivity index (χ2n) is 2.57. The number of hydrazone groups is 1. The van der Waals surface area contributed by atoms with Crippen molar-refractivity contribution in [1.29, 1.82) is 0 Å². The van der Waals surface area contributed by atoms with E-state index < -0.39 is 0 Å². The highest BCUT2D eigenvalue weighted by Gasteiger charge is 2.05. The van der Waals surface area contributed by atoms with Crippen LogP contribution in [0.3, 0.4) is 0 Å². The smallest absolute Gasteiger partial charge is 0.184 e. The number of hydrogen-bond acceptors (Lipinski definition) is 2. The molecule has 60 valence electrons. The molecule has 3 N–H and O–H groups in total. The molecule has 0 unspecified atom stereocenters. The Morgan fingerprint density at radius 2 is 2.45 bits per heavy atom. The third-order valence-corrected chi connectivity index (χ3v) is 1.59. The van der Waals surface area contributed by atoms with Crippen molar-refractivity contribution in [2.45, 2.75) is 19.8 Å². The lowest BCUT2D eigenvalue weighted by Gasteiger charge is -1.95. The first-order valence-corrected chi connectivity index (χ1v) is 3.88. The lowest BCUT2D eigenvalue weighted by atomic mass is 10.3. The van der Waals surface area contributed by atoms with E-state index in [1.807, 2.05) is 6.08 Å². The predicted molar refractivity (Wildman–Crippen MR) is 50.3 cm³/mol. The van der Waals surface area contributed by atoms with Crippen LogP contribution in [0.2, 0.25) is 0 Å². The highest BCUT2D eigenvalue weighted by atomic mass is 32.1. The van der Waals surface area contributed by atoms with Crippen LogP contribution in [-0.4, -0.2) is 10.8 Å². The monoisotopic (exact) mass is 169 g/mol. The molecule has 0 amide bonds. The molecular formula is C7H11N3S. The van der Waals surface area contributed by atoms with E-state index in [1.165, 1.54) is 5.57 Å². The fraction of sp³-hybridized carbons (Fsp3) is 0.429. The van der Waals surface area contributed by atoms with Crippen molar-refractivity contribution < 1.29 is 0 Å². The number of nitrogens with two attached hydrogens (primary N) is 1. The van der Waals surface area contributed by atoms with E-state index >= 15 is 0 Å². The summed E-state index contributed by atoms with van der Waals surface area (Å²) in [6.45, 7) is 2.09. The Bertz CT molecular complexity index is 230. The fourth-order valence-corrected chi connectivity index (χ4v) is 1.01. The largest absolute Gasteiger partial charge is 0.375 e. The molecule has 1 aliphatic rings. The van der Waals surface area contributed by atoms with Crippen molar-refractivity contribution in [2.24, 2.45) is 10.8 Å². The molecule has 0 atom stereocenters. The van der Waals surface area contributed by atoms with E-state index in [2.05, 4.69) is 29.7 Å². The molecule has 0 radical (unpaired) electrons. The minimum atomic E-state index is 0.218. The van der Waals surface area contributed by atoms with Crippen molar-refractivity contribution in [3.05, 3.63) is 11.6 Å². The van der Waals surface area contributed by atoms with E-state index in [1.54, 1.807) is 0 Å². The molecule has 1 aliphatic carbocycles. The summed E-state index contributed by atoms with van der Waals surface area (Å²) in [5, 5.41) is 4.22. The van der Waals surface area contributed by atoms with Crippen LogP contribution < -0.4 is 11.2 Å². The molecule has 0 aromatic carbocycles. The van der Waals surface area contributed by atoms with Crippen molar-refractivity contribution in [3.8, 4) is 0 Å². The first kappa shape index (κ1) is 8.20. The van der Waals surface area contributed by atoms with Gasteiger partial charge in [0.2, 0.25) is 0 Å². The number of thiocarbonyl (C=S) groups is 1. The van der Waals surface area contributed by atoms with Gasteiger partial charge in [0.1, 0.15) is 0 Å². The molecule has 0 bridgehead atoms. The van der Waals surface area contributed by atoms with E-state index in [4.69, 9.17) is 5.73 Å². The topological polar surface area (TPSA) is 50.4 Å². The number of allylic oxidation sites excluding steroid dienone is 2. The third kappa shape index (κ3) is 2.67. The molecule has 0 aromatic heterocycles. The number of hydrogen-bond donors (Lipinski definition) is 2. The molecule has 0 aliphatic heterocycles. The van der Waals surface area contributed by atoms with Crippen LogP contribution >= 0.6 is 12.2 Å². The van der Waals surface area contributed by atoms with Gasteiger partial charge in [-0.25, -0.2) is 0 Å². The highest BCUT2D eigenvalue weighted by Crippen LogP contribution is 2.13. The number of rotatable bonds is 1. The van der Waals surface area contributed by atoms with Crippen molar-refractivity contribution >= 4 is 23.0 Å². The predicted octanol–water partition coefficient (Wildman–Crippen LogP) is 0.916. The van der Waals surface area contributed by atoms with Gasteiger partial charge in [0, 0.05) is 0 Å². The van der Waals surface area contributed by atoms with Crippen LogP contribution in [0.25, 0.3) is 0 Å². The van der Waals surface area contributed by atoms with E-state index in [0.29, 0.717) is 0 Å². The van der Waals surface area contributed by atoms with Gasteiger partial charge >= 0.3 is 0 Å². The Hall–Kier alpha value is -0.900. The Balaban J connectivity index is 2.49. The lowest BCUT2D eigenvalue weighted by molar-refractivity contribution is 0.997. The minimum Gasteiger partial charge on any atom is -0.375 e. The van der Waals surface area contributed by atoms with Gasteiger partial charge in [0.25, 0.3) is 0 Å². The van der Waals surface area contributed by atoms with Gasteiger partial charge in [-0.05, 0) is 38.1 Å². The molecule has 0 saturated heterocycles. The maximum absolute atomic E-state index is 5.20. The van der Waals surface area contributed by atoms with Crippen LogP contribution in [0.4, 0.5) is 0 Å². The molecule has 3 nitrogen and oxygen atoms in total. The summed E-state index contributed by atoms with van der Waals surface area (Å²) < 4.78 is 0. The van der Waals surface area contributed by atoms with Crippen LogP contribution in [0.15, 0.2) is 16.8 Å². The van der Waals surface area contributed by atoms with Crippen LogP contribution in [0, 0.1) is 0 Å². The minimum absolute atomic E-state index is 0.218. The van der Waals surface area contributed by atoms with E-state index in [9.17, 15) is 0 Å². The standard InChI is InChI=1S/C7H11N3S/c1-5-2-3-6(4-5)9-10-7(8)11/h4H,2-3H2,1H3,(H3,8,10,11)/b9-6+. The average molecular weight is 169 g/mol. The Labute approximate surface area is 71.3 Å². The van der Waals surface area contributed by atoms with Crippen LogP contribution in [0.1, 0.15) is 19.8 Å². The Morgan fingerprint density at radius 1 is 1.73 bits per heavy atom. The van der Waals surface area contributed by atoms with Gasteiger partial charge in [-0.1, -0.05) is 5.57 Å². The second kappa shape index (κ2) is 3.48. The van der Waals surface area contributed by atoms with Gasteiger partial charge in [0.15, 0.2) is 5.11 Å². The Morgan fingerprint density at radius 3 is 2.91 bits per heavy atom. The number of nitrogens with zero attached hydrogens (tertiary/aromatic N) is 1. The van der Waals surface area contributed by atoms with Gasteiger partial charge < -0.3 is 5.73 Å². The summed E-state index contributed by atoms with van der Waals surface area (Å²) >= 11 is 4.60. The summed E-state index contributed by atoms with van der Waals surface area (Å²) in [4.78, 5) is 0.